The number of sulfone groups is 1. The molecule has 1 fully saturated rings. The minimum Gasteiger partial charge on any atom is -0.325 e. The monoisotopic (exact) mass is 455 g/mol. The molecule has 0 aliphatic carbocycles. The molecule has 1 spiro atoms. The van der Waals surface area contributed by atoms with Crippen LogP contribution >= 0.6 is 0 Å². The lowest BCUT2D eigenvalue weighted by atomic mass is 9.78. The number of amides is 2. The summed E-state index contributed by atoms with van der Waals surface area (Å²) in [6.45, 7) is 6.92. The van der Waals surface area contributed by atoms with Gasteiger partial charge in [-0.1, -0.05) is 32.9 Å². The van der Waals surface area contributed by atoms with Crippen molar-refractivity contribution >= 4 is 33.0 Å². The molecule has 32 heavy (non-hydrogen) atoms. The highest BCUT2D eigenvalue weighted by Gasteiger charge is 2.53. The molecule has 8 heteroatoms. The van der Waals surface area contributed by atoms with Gasteiger partial charge in [-0.05, 0) is 59.7 Å². The molecule has 2 aromatic rings. The van der Waals surface area contributed by atoms with Crippen LogP contribution in [0.1, 0.15) is 38.3 Å². The second-order valence-electron chi connectivity index (χ2n) is 10.1. The van der Waals surface area contributed by atoms with Crippen molar-refractivity contribution in [1.29, 1.82) is 0 Å². The Morgan fingerprint density at radius 2 is 1.84 bits per heavy atom. The maximum atomic E-state index is 13.0. The van der Waals surface area contributed by atoms with Crippen LogP contribution in [0.4, 0.5) is 11.4 Å². The van der Waals surface area contributed by atoms with Gasteiger partial charge in [0, 0.05) is 24.2 Å². The molecule has 2 amide bonds. The minimum atomic E-state index is -3.30. The van der Waals surface area contributed by atoms with E-state index in [1.165, 1.54) is 17.7 Å². The van der Waals surface area contributed by atoms with Crippen LogP contribution in [-0.4, -0.2) is 39.1 Å². The topological polar surface area (TPSA) is 104 Å². The maximum Gasteiger partial charge on any atom is 0.241 e. The van der Waals surface area contributed by atoms with E-state index in [9.17, 15) is 18.0 Å². The molecule has 4 rings (SSSR count). The van der Waals surface area contributed by atoms with Crippen LogP contribution in [0.2, 0.25) is 0 Å². The smallest absolute Gasteiger partial charge is 0.241 e. The lowest BCUT2D eigenvalue weighted by Crippen LogP contribution is -2.36. The molecular formula is C24H29N3O4S. The highest BCUT2D eigenvalue weighted by molar-refractivity contribution is 7.90. The van der Waals surface area contributed by atoms with Crippen molar-refractivity contribution in [3.8, 4) is 0 Å². The van der Waals surface area contributed by atoms with Crippen LogP contribution in [0.15, 0.2) is 47.4 Å². The third-order valence-corrected chi connectivity index (χ3v) is 7.21. The molecule has 2 aliphatic heterocycles. The molecule has 0 saturated carbocycles. The fraction of sp³-hybridized carbons (Fsp3) is 0.417. The van der Waals surface area contributed by atoms with Gasteiger partial charge in [0.15, 0.2) is 9.84 Å². The number of fused-ring (bicyclic) bond motifs is 2. The van der Waals surface area contributed by atoms with E-state index in [4.69, 9.17) is 0 Å². The van der Waals surface area contributed by atoms with E-state index in [0.29, 0.717) is 18.7 Å². The average molecular weight is 456 g/mol. The summed E-state index contributed by atoms with van der Waals surface area (Å²) in [7, 11) is -3.30. The van der Waals surface area contributed by atoms with Crippen LogP contribution in [-0.2, 0) is 31.3 Å². The third-order valence-electron chi connectivity index (χ3n) is 6.09. The zero-order chi connectivity index (χ0) is 23.3. The second kappa shape index (κ2) is 7.71. The van der Waals surface area contributed by atoms with Crippen molar-refractivity contribution in [2.24, 2.45) is 5.41 Å². The predicted molar refractivity (Wildman–Crippen MR) is 124 cm³/mol. The van der Waals surface area contributed by atoms with Crippen molar-refractivity contribution in [1.82, 2.24) is 5.32 Å². The Morgan fingerprint density at radius 3 is 2.47 bits per heavy atom. The lowest BCUT2D eigenvalue weighted by Gasteiger charge is -2.23. The number of carbonyl (C=O) groups excluding carboxylic acids is 2. The van der Waals surface area contributed by atoms with Crippen molar-refractivity contribution in [3.05, 3.63) is 53.6 Å². The highest BCUT2D eigenvalue weighted by atomic mass is 32.2. The third kappa shape index (κ3) is 4.29. The predicted octanol–water partition coefficient (Wildman–Crippen LogP) is 2.87. The van der Waals surface area contributed by atoms with Crippen LogP contribution in [0, 0.1) is 5.41 Å². The fourth-order valence-electron chi connectivity index (χ4n) is 4.55. The van der Waals surface area contributed by atoms with Crippen molar-refractivity contribution < 1.29 is 18.0 Å². The van der Waals surface area contributed by atoms with Gasteiger partial charge in [0.1, 0.15) is 0 Å². The molecule has 2 aromatic carbocycles. The Labute approximate surface area is 188 Å². The number of nitrogens with one attached hydrogen (secondary N) is 3. The molecule has 7 nitrogen and oxygen atoms in total. The first-order valence-corrected chi connectivity index (χ1v) is 12.6. The quantitative estimate of drug-likeness (QED) is 0.658. The van der Waals surface area contributed by atoms with Gasteiger partial charge in [0.05, 0.1) is 16.4 Å². The Hall–Kier alpha value is -2.71. The average Bonchev–Trinajstić information content (AvgIpc) is 3.24. The second-order valence-corrected chi connectivity index (χ2v) is 12.1. The Balaban J connectivity index is 1.52. The van der Waals surface area contributed by atoms with Crippen molar-refractivity contribution in [2.75, 3.05) is 23.4 Å². The first-order valence-electron chi connectivity index (χ1n) is 10.7. The zero-order valence-corrected chi connectivity index (χ0v) is 19.6. The number of anilines is 2. The van der Waals surface area contributed by atoms with Gasteiger partial charge >= 0.3 is 0 Å². The number of benzene rings is 2. The minimum absolute atomic E-state index is 0.0827. The summed E-state index contributed by atoms with van der Waals surface area (Å²) in [5.41, 5.74) is 2.79. The Kier molecular flexibility index (Phi) is 5.41. The summed E-state index contributed by atoms with van der Waals surface area (Å²) < 4.78 is 23.2. The molecule has 2 unspecified atom stereocenters. The molecule has 0 bridgehead atoms. The molecule has 2 aliphatic rings. The number of carbonyl (C=O) groups is 2. The molecule has 0 aromatic heterocycles. The number of hydrogen-bond acceptors (Lipinski definition) is 5. The summed E-state index contributed by atoms with van der Waals surface area (Å²) >= 11 is 0. The molecular weight excluding hydrogens is 426 g/mol. The summed E-state index contributed by atoms with van der Waals surface area (Å²) in [6, 6.07) is 11.6. The summed E-state index contributed by atoms with van der Waals surface area (Å²) in [5, 5.41) is 9.02. The van der Waals surface area contributed by atoms with E-state index in [1.54, 1.807) is 12.1 Å². The summed E-state index contributed by atoms with van der Waals surface area (Å²) in [5.74, 6) is -0.332. The Bertz CT molecular complexity index is 1180. The largest absolute Gasteiger partial charge is 0.325 e. The standard InChI is InChI=1S/C24H29N3O4S/c1-23(2,3)12-15-5-10-19-18(11-15)24(22(29)27-19)13-20(25-14-24)21(28)26-16-6-8-17(9-7-16)32(4,30)31/h5-11,20,25H,12-14H2,1-4H3,(H,26,28)(H,27,29). The molecule has 2 atom stereocenters. The van der Waals surface area contributed by atoms with Crippen LogP contribution in [0.5, 0.6) is 0 Å². The highest BCUT2D eigenvalue weighted by Crippen LogP contribution is 2.44. The SMILES string of the molecule is CC(C)(C)Cc1ccc2c(c1)C1(CNC(C(=O)Nc3ccc(S(C)(=O)=O)cc3)C1)C(=O)N2. The van der Waals surface area contributed by atoms with Gasteiger partial charge in [-0.3, -0.25) is 9.59 Å². The van der Waals surface area contributed by atoms with Crippen molar-refractivity contribution in [2.45, 2.75) is 50.0 Å². The lowest BCUT2D eigenvalue weighted by molar-refractivity contribution is -0.120. The van der Waals surface area contributed by atoms with Crippen LogP contribution < -0.4 is 16.0 Å². The molecule has 3 N–H and O–H groups in total. The van der Waals surface area contributed by atoms with Gasteiger partial charge in [0.25, 0.3) is 0 Å². The van der Waals surface area contributed by atoms with Gasteiger partial charge in [-0.15, -0.1) is 0 Å². The first-order chi connectivity index (χ1) is 14.9. The van der Waals surface area contributed by atoms with Gasteiger partial charge in [-0.2, -0.15) is 0 Å². The van der Waals surface area contributed by atoms with E-state index >= 15 is 0 Å². The number of rotatable bonds is 4. The van der Waals surface area contributed by atoms with E-state index in [0.717, 1.165) is 23.9 Å². The summed E-state index contributed by atoms with van der Waals surface area (Å²) in [6.07, 6.45) is 2.39. The van der Waals surface area contributed by atoms with Crippen LogP contribution in [0.3, 0.4) is 0 Å². The van der Waals surface area contributed by atoms with E-state index in [2.05, 4.69) is 48.9 Å². The van der Waals surface area contributed by atoms with Crippen molar-refractivity contribution in [3.63, 3.8) is 0 Å². The summed E-state index contributed by atoms with van der Waals surface area (Å²) in [4.78, 5) is 26.0. The normalized spacial score (nSPS) is 22.6. The van der Waals surface area contributed by atoms with Crippen LogP contribution in [0.25, 0.3) is 0 Å². The maximum absolute atomic E-state index is 13.0. The van der Waals surface area contributed by atoms with E-state index in [-0.39, 0.29) is 22.1 Å². The molecule has 0 radical (unpaired) electrons. The number of hydrogen-bond donors (Lipinski definition) is 3. The zero-order valence-electron chi connectivity index (χ0n) is 18.8. The van der Waals surface area contributed by atoms with E-state index in [1.807, 2.05) is 6.07 Å². The fourth-order valence-corrected chi connectivity index (χ4v) is 5.18. The van der Waals surface area contributed by atoms with Gasteiger partial charge < -0.3 is 16.0 Å². The van der Waals surface area contributed by atoms with Gasteiger partial charge in [0.2, 0.25) is 11.8 Å². The Morgan fingerprint density at radius 1 is 1.16 bits per heavy atom. The molecule has 170 valence electrons. The first kappa shape index (κ1) is 22.5. The van der Waals surface area contributed by atoms with E-state index < -0.39 is 21.3 Å². The molecule has 2 heterocycles. The molecule has 1 saturated heterocycles. The van der Waals surface area contributed by atoms with Gasteiger partial charge in [-0.25, -0.2) is 8.42 Å².